The van der Waals surface area contributed by atoms with Crippen LogP contribution in [0.5, 0.6) is 0 Å². The average molecular weight is 127 g/mol. The topological polar surface area (TPSA) is 46.2 Å². The zero-order valence-electron chi connectivity index (χ0n) is 5.46. The van der Waals surface area contributed by atoms with Crippen LogP contribution in [0.1, 0.15) is 12.8 Å². The fraction of sp³-hybridized carbons (Fsp3) is 1.00. The lowest BCUT2D eigenvalue weighted by molar-refractivity contribution is 0.161. The Morgan fingerprint density at radius 2 is 1.89 bits per heavy atom. The third kappa shape index (κ3) is 0.700. The van der Waals surface area contributed by atoms with E-state index in [1.807, 2.05) is 0 Å². The van der Waals surface area contributed by atoms with Crippen LogP contribution in [-0.2, 0) is 0 Å². The Balaban J connectivity index is 1.91. The van der Waals surface area contributed by atoms with E-state index in [9.17, 15) is 0 Å². The summed E-state index contributed by atoms with van der Waals surface area (Å²) in [7, 11) is 0. The summed E-state index contributed by atoms with van der Waals surface area (Å²) < 4.78 is 0. The lowest BCUT2D eigenvalue weighted by atomic mass is 10.1. The molecular formula is C7H13NO. The van der Waals surface area contributed by atoms with Crippen molar-refractivity contribution < 1.29 is 5.11 Å². The van der Waals surface area contributed by atoms with Crippen molar-refractivity contribution in [2.75, 3.05) is 6.54 Å². The van der Waals surface area contributed by atoms with Gasteiger partial charge < -0.3 is 10.8 Å². The third-order valence-electron chi connectivity index (χ3n) is 2.87. The molecule has 3 N–H and O–H groups in total. The molecule has 9 heavy (non-hydrogen) atoms. The SMILES string of the molecule is NCC1[C@H]2CC(O)C[C@@H]12. The molecule has 2 rings (SSSR count). The van der Waals surface area contributed by atoms with Crippen LogP contribution in [-0.4, -0.2) is 17.8 Å². The van der Waals surface area contributed by atoms with Crippen LogP contribution in [0.4, 0.5) is 0 Å². The van der Waals surface area contributed by atoms with Gasteiger partial charge in [0.15, 0.2) is 0 Å². The number of aliphatic hydroxyl groups is 1. The predicted molar refractivity (Wildman–Crippen MR) is 34.8 cm³/mol. The van der Waals surface area contributed by atoms with Crippen LogP contribution in [0, 0.1) is 17.8 Å². The van der Waals surface area contributed by atoms with E-state index < -0.39 is 0 Å². The first kappa shape index (κ1) is 5.69. The Labute approximate surface area is 55.1 Å². The van der Waals surface area contributed by atoms with Crippen LogP contribution in [0.15, 0.2) is 0 Å². The Kier molecular flexibility index (Phi) is 1.08. The first-order chi connectivity index (χ1) is 4.33. The Morgan fingerprint density at radius 1 is 1.33 bits per heavy atom. The lowest BCUT2D eigenvalue weighted by Crippen LogP contribution is -2.11. The van der Waals surface area contributed by atoms with E-state index in [1.54, 1.807) is 0 Å². The van der Waals surface area contributed by atoms with Crippen molar-refractivity contribution in [2.45, 2.75) is 18.9 Å². The average Bonchev–Trinajstić information content (AvgIpc) is 2.30. The highest BCUT2D eigenvalue weighted by atomic mass is 16.3. The van der Waals surface area contributed by atoms with Gasteiger partial charge >= 0.3 is 0 Å². The highest BCUT2D eigenvalue weighted by Crippen LogP contribution is 2.56. The second-order valence-electron chi connectivity index (χ2n) is 3.35. The molecule has 0 aromatic carbocycles. The molecule has 0 saturated heterocycles. The lowest BCUT2D eigenvalue weighted by Gasteiger charge is -2.04. The molecule has 52 valence electrons. The maximum Gasteiger partial charge on any atom is 0.0546 e. The van der Waals surface area contributed by atoms with Gasteiger partial charge in [-0.2, -0.15) is 0 Å². The Hall–Kier alpha value is -0.0800. The number of rotatable bonds is 1. The molecule has 0 radical (unpaired) electrons. The first-order valence-corrected chi connectivity index (χ1v) is 3.71. The summed E-state index contributed by atoms with van der Waals surface area (Å²) in [6.07, 6.45) is 2.04. The first-order valence-electron chi connectivity index (χ1n) is 3.71. The van der Waals surface area contributed by atoms with Gasteiger partial charge in [0.1, 0.15) is 0 Å². The molecule has 2 fully saturated rings. The van der Waals surface area contributed by atoms with Crippen molar-refractivity contribution in [2.24, 2.45) is 23.5 Å². The molecule has 0 aromatic heterocycles. The van der Waals surface area contributed by atoms with E-state index in [0.29, 0.717) is 0 Å². The van der Waals surface area contributed by atoms with Crippen molar-refractivity contribution in [3.05, 3.63) is 0 Å². The predicted octanol–water partition coefficient (Wildman–Crippen LogP) is -0.0380. The number of aliphatic hydroxyl groups excluding tert-OH is 1. The molecule has 0 aromatic rings. The van der Waals surface area contributed by atoms with Gasteiger partial charge in [0, 0.05) is 0 Å². The molecule has 2 aliphatic carbocycles. The van der Waals surface area contributed by atoms with E-state index in [-0.39, 0.29) is 6.10 Å². The smallest absolute Gasteiger partial charge is 0.0546 e. The van der Waals surface area contributed by atoms with Crippen LogP contribution < -0.4 is 5.73 Å². The molecule has 4 atom stereocenters. The number of fused-ring (bicyclic) bond motifs is 1. The quantitative estimate of drug-likeness (QED) is 0.519. The van der Waals surface area contributed by atoms with E-state index in [0.717, 1.165) is 37.1 Å². The minimum Gasteiger partial charge on any atom is -0.393 e. The minimum absolute atomic E-state index is 0.00259. The van der Waals surface area contributed by atoms with E-state index in [4.69, 9.17) is 10.8 Å². The van der Waals surface area contributed by atoms with Gasteiger partial charge in [-0.05, 0) is 37.1 Å². The van der Waals surface area contributed by atoms with E-state index in [2.05, 4.69) is 0 Å². The number of hydrogen-bond donors (Lipinski definition) is 2. The molecule has 2 saturated carbocycles. The molecular weight excluding hydrogens is 114 g/mol. The summed E-state index contributed by atoms with van der Waals surface area (Å²) in [5.41, 5.74) is 5.49. The summed E-state index contributed by atoms with van der Waals surface area (Å²) in [5.74, 6) is 2.36. The van der Waals surface area contributed by atoms with Crippen LogP contribution in [0.25, 0.3) is 0 Å². The maximum absolute atomic E-state index is 9.10. The summed E-state index contributed by atoms with van der Waals surface area (Å²) in [4.78, 5) is 0. The highest BCUT2D eigenvalue weighted by Gasteiger charge is 2.54. The summed E-state index contributed by atoms with van der Waals surface area (Å²) in [5, 5.41) is 9.10. The van der Waals surface area contributed by atoms with Gasteiger partial charge in [-0.3, -0.25) is 0 Å². The summed E-state index contributed by atoms with van der Waals surface area (Å²) in [6, 6.07) is 0. The molecule has 2 nitrogen and oxygen atoms in total. The largest absolute Gasteiger partial charge is 0.393 e. The van der Waals surface area contributed by atoms with Crippen LogP contribution >= 0.6 is 0 Å². The molecule has 0 amide bonds. The molecule has 2 heteroatoms. The summed E-state index contributed by atoms with van der Waals surface area (Å²) >= 11 is 0. The fourth-order valence-electron chi connectivity index (χ4n) is 2.30. The van der Waals surface area contributed by atoms with Crippen LogP contribution in [0.2, 0.25) is 0 Å². The van der Waals surface area contributed by atoms with Crippen molar-refractivity contribution in [1.82, 2.24) is 0 Å². The normalized spacial score (nSPS) is 55.3. The molecule has 0 bridgehead atoms. The van der Waals surface area contributed by atoms with Gasteiger partial charge in [-0.25, -0.2) is 0 Å². The molecule has 0 spiro atoms. The van der Waals surface area contributed by atoms with Gasteiger partial charge in [0.25, 0.3) is 0 Å². The molecule has 2 aliphatic rings. The summed E-state index contributed by atoms with van der Waals surface area (Å²) in [6.45, 7) is 0.835. The fourth-order valence-corrected chi connectivity index (χ4v) is 2.30. The van der Waals surface area contributed by atoms with Crippen molar-refractivity contribution in [3.63, 3.8) is 0 Å². The van der Waals surface area contributed by atoms with Crippen LogP contribution in [0.3, 0.4) is 0 Å². The van der Waals surface area contributed by atoms with E-state index in [1.165, 1.54) is 0 Å². The zero-order valence-corrected chi connectivity index (χ0v) is 5.46. The van der Waals surface area contributed by atoms with Gasteiger partial charge in [-0.15, -0.1) is 0 Å². The molecule has 0 heterocycles. The maximum atomic E-state index is 9.10. The van der Waals surface area contributed by atoms with E-state index >= 15 is 0 Å². The van der Waals surface area contributed by atoms with Crippen molar-refractivity contribution in [1.29, 1.82) is 0 Å². The molecule has 0 aliphatic heterocycles. The highest BCUT2D eigenvalue weighted by molar-refractivity contribution is 5.04. The van der Waals surface area contributed by atoms with Crippen molar-refractivity contribution >= 4 is 0 Å². The Morgan fingerprint density at radius 3 is 2.33 bits per heavy atom. The Bertz CT molecular complexity index is 114. The monoisotopic (exact) mass is 127 g/mol. The second-order valence-corrected chi connectivity index (χ2v) is 3.35. The third-order valence-corrected chi connectivity index (χ3v) is 2.87. The minimum atomic E-state index is 0.00259. The van der Waals surface area contributed by atoms with Gasteiger partial charge in [0.05, 0.1) is 6.10 Å². The number of nitrogens with two attached hydrogens (primary N) is 1. The van der Waals surface area contributed by atoms with Gasteiger partial charge in [0.2, 0.25) is 0 Å². The second kappa shape index (κ2) is 1.70. The standard InChI is InChI=1S/C7H13NO/c8-3-7-5-1-4(9)2-6(5)7/h4-7,9H,1-3,8H2/t4?,5-,6+,7?. The van der Waals surface area contributed by atoms with Gasteiger partial charge in [-0.1, -0.05) is 0 Å². The van der Waals surface area contributed by atoms with Crippen molar-refractivity contribution in [3.8, 4) is 0 Å². The number of hydrogen-bond acceptors (Lipinski definition) is 2. The zero-order chi connectivity index (χ0) is 6.43. The molecule has 2 unspecified atom stereocenters.